The highest BCUT2D eigenvalue weighted by Crippen LogP contribution is 2.31. The topological polar surface area (TPSA) is 9.23 Å². The Morgan fingerprint density at radius 1 is 0.857 bits per heavy atom. The molecule has 0 N–H and O–H groups in total. The highest BCUT2D eigenvalue weighted by Gasteiger charge is 2.08. The van der Waals surface area contributed by atoms with Crippen molar-refractivity contribution in [3.05, 3.63) is 53.1 Å². The van der Waals surface area contributed by atoms with E-state index in [0.29, 0.717) is 6.61 Å². The minimum atomic E-state index is 0.714. The lowest BCUT2D eigenvalue weighted by Crippen LogP contribution is -1.97. The van der Waals surface area contributed by atoms with Gasteiger partial charge in [-0.05, 0) is 67.5 Å². The third-order valence-electron chi connectivity index (χ3n) is 4.12. The van der Waals surface area contributed by atoms with Gasteiger partial charge in [0.25, 0.3) is 0 Å². The molecule has 1 nitrogen and oxygen atoms in total. The molecule has 0 aliphatic rings. The lowest BCUT2D eigenvalue weighted by Gasteiger charge is -2.14. The van der Waals surface area contributed by atoms with E-state index < -0.39 is 0 Å². The number of benzene rings is 2. The number of rotatable bonds is 6. The molecule has 0 saturated carbocycles. The summed E-state index contributed by atoms with van der Waals surface area (Å²) in [6, 6.07) is 13.3. The van der Waals surface area contributed by atoms with Gasteiger partial charge in [0.15, 0.2) is 0 Å². The maximum absolute atomic E-state index is 5.67. The molecule has 112 valence electrons. The van der Waals surface area contributed by atoms with Crippen LogP contribution in [0.2, 0.25) is 0 Å². The Bertz CT molecular complexity index is 582. The minimum absolute atomic E-state index is 0.714. The number of aryl methyl sites for hydroxylation is 1. The second-order valence-electron chi connectivity index (χ2n) is 5.59. The molecule has 0 fully saturated rings. The predicted octanol–water partition coefficient (Wildman–Crippen LogP) is 5.71. The predicted molar refractivity (Wildman–Crippen MR) is 91.1 cm³/mol. The zero-order valence-corrected chi connectivity index (χ0v) is 13.7. The second-order valence-corrected chi connectivity index (χ2v) is 5.59. The van der Waals surface area contributed by atoms with E-state index in [4.69, 9.17) is 4.74 Å². The first-order valence-electron chi connectivity index (χ1n) is 7.99. The van der Waals surface area contributed by atoms with Crippen LogP contribution in [0.15, 0.2) is 36.4 Å². The van der Waals surface area contributed by atoms with Crippen molar-refractivity contribution in [3.63, 3.8) is 0 Å². The van der Waals surface area contributed by atoms with E-state index in [0.717, 1.165) is 5.75 Å². The summed E-state index contributed by atoms with van der Waals surface area (Å²) in [6.45, 7) is 9.29. The summed E-state index contributed by atoms with van der Waals surface area (Å²) in [4.78, 5) is 0. The van der Waals surface area contributed by atoms with E-state index in [1.54, 1.807) is 0 Å². The summed E-state index contributed by atoms with van der Waals surface area (Å²) >= 11 is 0. The summed E-state index contributed by atoms with van der Waals surface area (Å²) in [6.07, 6.45) is 3.69. The molecule has 0 unspecified atom stereocenters. The molecule has 0 aromatic heterocycles. The minimum Gasteiger partial charge on any atom is -0.494 e. The van der Waals surface area contributed by atoms with Crippen LogP contribution in [0, 0.1) is 13.8 Å². The molecule has 2 aromatic carbocycles. The zero-order valence-electron chi connectivity index (χ0n) is 13.7. The van der Waals surface area contributed by atoms with Gasteiger partial charge >= 0.3 is 0 Å². The molecule has 0 heterocycles. The molecule has 0 saturated heterocycles. The van der Waals surface area contributed by atoms with Crippen molar-refractivity contribution in [2.75, 3.05) is 6.61 Å². The molecule has 0 amide bonds. The lowest BCUT2D eigenvalue weighted by molar-refractivity contribution is 0.337. The van der Waals surface area contributed by atoms with Gasteiger partial charge in [0, 0.05) is 0 Å². The molecule has 0 bridgehead atoms. The Balaban J connectivity index is 2.27. The number of hydrogen-bond donors (Lipinski definition) is 0. The number of unbranched alkanes of at least 4 members (excludes halogenated alkanes) is 1. The van der Waals surface area contributed by atoms with E-state index >= 15 is 0 Å². The summed E-state index contributed by atoms with van der Waals surface area (Å²) < 4.78 is 5.67. The molecule has 0 atom stereocenters. The SMILES string of the molecule is CCCCc1ccc(-c2ccc(OCC)c(C)c2C)cc1. The van der Waals surface area contributed by atoms with Gasteiger partial charge in [0.05, 0.1) is 6.61 Å². The van der Waals surface area contributed by atoms with Crippen molar-refractivity contribution >= 4 is 0 Å². The molecule has 0 aliphatic carbocycles. The van der Waals surface area contributed by atoms with Gasteiger partial charge < -0.3 is 4.74 Å². The van der Waals surface area contributed by atoms with Crippen molar-refractivity contribution < 1.29 is 4.74 Å². The van der Waals surface area contributed by atoms with Crippen LogP contribution >= 0.6 is 0 Å². The lowest BCUT2D eigenvalue weighted by atomic mass is 9.95. The Labute approximate surface area is 129 Å². The summed E-state index contributed by atoms with van der Waals surface area (Å²) in [7, 11) is 0. The van der Waals surface area contributed by atoms with E-state index in [1.165, 1.54) is 47.1 Å². The van der Waals surface area contributed by atoms with Gasteiger partial charge in [-0.1, -0.05) is 43.7 Å². The van der Waals surface area contributed by atoms with Gasteiger partial charge in [-0.15, -0.1) is 0 Å². The average Bonchev–Trinajstić information content (AvgIpc) is 2.51. The molecule has 0 aliphatic heterocycles. The zero-order chi connectivity index (χ0) is 15.2. The Hall–Kier alpha value is -1.76. The first kappa shape index (κ1) is 15.6. The molecule has 0 spiro atoms. The van der Waals surface area contributed by atoms with Crippen LogP contribution < -0.4 is 4.74 Å². The average molecular weight is 282 g/mol. The number of ether oxygens (including phenoxy) is 1. The highest BCUT2D eigenvalue weighted by atomic mass is 16.5. The van der Waals surface area contributed by atoms with Crippen molar-refractivity contribution in [1.29, 1.82) is 0 Å². The Kier molecular flexibility index (Phi) is 5.44. The molecule has 2 aromatic rings. The van der Waals surface area contributed by atoms with Crippen LogP contribution in [0.1, 0.15) is 43.4 Å². The summed E-state index contributed by atoms with van der Waals surface area (Å²) in [5.41, 5.74) is 6.57. The highest BCUT2D eigenvalue weighted by molar-refractivity contribution is 5.70. The Morgan fingerprint density at radius 3 is 2.19 bits per heavy atom. The van der Waals surface area contributed by atoms with Crippen molar-refractivity contribution in [1.82, 2.24) is 0 Å². The number of hydrogen-bond acceptors (Lipinski definition) is 1. The normalized spacial score (nSPS) is 10.7. The summed E-state index contributed by atoms with van der Waals surface area (Å²) in [5, 5.41) is 0. The molecule has 21 heavy (non-hydrogen) atoms. The van der Waals surface area contributed by atoms with E-state index in [1.807, 2.05) is 6.92 Å². The van der Waals surface area contributed by atoms with Crippen molar-refractivity contribution in [3.8, 4) is 16.9 Å². The largest absolute Gasteiger partial charge is 0.494 e. The first-order valence-corrected chi connectivity index (χ1v) is 7.99. The summed E-state index contributed by atoms with van der Waals surface area (Å²) in [5.74, 6) is 0.998. The van der Waals surface area contributed by atoms with E-state index in [2.05, 4.69) is 57.2 Å². The van der Waals surface area contributed by atoms with Gasteiger partial charge in [-0.2, -0.15) is 0 Å². The fourth-order valence-electron chi connectivity index (χ4n) is 2.65. The fourth-order valence-corrected chi connectivity index (χ4v) is 2.65. The standard InChI is InChI=1S/C20H26O/c1-5-7-8-17-9-11-18(12-10-17)19-13-14-20(21-6-2)16(4)15(19)3/h9-14H,5-8H2,1-4H3. The first-order chi connectivity index (χ1) is 10.2. The third kappa shape index (κ3) is 3.66. The van der Waals surface area contributed by atoms with Crippen molar-refractivity contribution in [2.45, 2.75) is 47.0 Å². The smallest absolute Gasteiger partial charge is 0.122 e. The van der Waals surface area contributed by atoms with Crippen LogP contribution in [0.4, 0.5) is 0 Å². The van der Waals surface area contributed by atoms with E-state index in [-0.39, 0.29) is 0 Å². The monoisotopic (exact) mass is 282 g/mol. The van der Waals surface area contributed by atoms with Crippen LogP contribution in [0.3, 0.4) is 0 Å². The maximum Gasteiger partial charge on any atom is 0.122 e. The maximum atomic E-state index is 5.67. The van der Waals surface area contributed by atoms with Crippen LogP contribution in [-0.4, -0.2) is 6.61 Å². The van der Waals surface area contributed by atoms with Gasteiger partial charge in [-0.3, -0.25) is 0 Å². The molecule has 0 radical (unpaired) electrons. The van der Waals surface area contributed by atoms with Gasteiger partial charge in [0.1, 0.15) is 5.75 Å². The van der Waals surface area contributed by atoms with Gasteiger partial charge in [-0.25, -0.2) is 0 Å². The quantitative estimate of drug-likeness (QED) is 0.659. The van der Waals surface area contributed by atoms with Crippen LogP contribution in [0.5, 0.6) is 5.75 Å². The van der Waals surface area contributed by atoms with E-state index in [9.17, 15) is 0 Å². The van der Waals surface area contributed by atoms with Crippen LogP contribution in [0.25, 0.3) is 11.1 Å². The van der Waals surface area contributed by atoms with Crippen molar-refractivity contribution in [2.24, 2.45) is 0 Å². The molecular formula is C20H26O. The fraction of sp³-hybridized carbons (Fsp3) is 0.400. The third-order valence-corrected chi connectivity index (χ3v) is 4.12. The Morgan fingerprint density at radius 2 is 1.57 bits per heavy atom. The van der Waals surface area contributed by atoms with Crippen LogP contribution in [-0.2, 0) is 6.42 Å². The molecule has 1 heteroatoms. The molecule has 2 rings (SSSR count). The van der Waals surface area contributed by atoms with Gasteiger partial charge in [0.2, 0.25) is 0 Å². The second kappa shape index (κ2) is 7.31. The molecular weight excluding hydrogens is 256 g/mol.